The van der Waals surface area contributed by atoms with Crippen molar-refractivity contribution in [3.8, 4) is 0 Å². The molecule has 0 heterocycles. The molecule has 0 saturated heterocycles. The highest BCUT2D eigenvalue weighted by Gasteiger charge is 2.16. The standard InChI is InChI=1S/C14H22FNO/c1-14(2,8-3-9-17)11-16-10-12-4-6-13(15)7-5-12/h4-7,16-17H,3,8-11H2,1-2H3. The number of aliphatic hydroxyl groups excluding tert-OH is 1. The maximum absolute atomic E-state index is 12.7. The Balaban J connectivity index is 2.29. The summed E-state index contributed by atoms with van der Waals surface area (Å²) in [5.74, 6) is -0.197. The quantitative estimate of drug-likeness (QED) is 0.767. The lowest BCUT2D eigenvalue weighted by atomic mass is 9.88. The summed E-state index contributed by atoms with van der Waals surface area (Å²) in [6.45, 7) is 6.26. The highest BCUT2D eigenvalue weighted by Crippen LogP contribution is 2.20. The van der Waals surface area contributed by atoms with Crippen LogP contribution in [0.5, 0.6) is 0 Å². The molecule has 17 heavy (non-hydrogen) atoms. The molecule has 0 unspecified atom stereocenters. The summed E-state index contributed by atoms with van der Waals surface area (Å²) in [6.07, 6.45) is 1.84. The minimum Gasteiger partial charge on any atom is -0.396 e. The van der Waals surface area contributed by atoms with Gasteiger partial charge in [-0.25, -0.2) is 4.39 Å². The Bertz CT molecular complexity index is 321. The fraction of sp³-hybridized carbons (Fsp3) is 0.571. The minimum absolute atomic E-state index is 0.183. The van der Waals surface area contributed by atoms with Gasteiger partial charge in [0.2, 0.25) is 0 Å². The number of benzene rings is 1. The van der Waals surface area contributed by atoms with Crippen molar-refractivity contribution in [3.63, 3.8) is 0 Å². The monoisotopic (exact) mass is 239 g/mol. The molecule has 0 bridgehead atoms. The van der Waals surface area contributed by atoms with E-state index in [9.17, 15) is 4.39 Å². The molecule has 1 aromatic rings. The van der Waals surface area contributed by atoms with Gasteiger partial charge in [-0.15, -0.1) is 0 Å². The van der Waals surface area contributed by atoms with Crippen LogP contribution >= 0.6 is 0 Å². The van der Waals surface area contributed by atoms with Crippen LogP contribution in [0.1, 0.15) is 32.3 Å². The Morgan fingerprint density at radius 1 is 1.24 bits per heavy atom. The molecule has 1 aromatic carbocycles. The number of halogens is 1. The molecule has 0 aliphatic carbocycles. The first-order chi connectivity index (χ1) is 8.03. The van der Waals surface area contributed by atoms with Crippen molar-refractivity contribution in [2.24, 2.45) is 5.41 Å². The van der Waals surface area contributed by atoms with E-state index >= 15 is 0 Å². The van der Waals surface area contributed by atoms with Crippen LogP contribution in [0.4, 0.5) is 4.39 Å². The molecule has 0 aromatic heterocycles. The van der Waals surface area contributed by atoms with Gasteiger partial charge in [-0.05, 0) is 36.0 Å². The van der Waals surface area contributed by atoms with Gasteiger partial charge < -0.3 is 10.4 Å². The lowest BCUT2D eigenvalue weighted by Gasteiger charge is -2.24. The summed E-state index contributed by atoms with van der Waals surface area (Å²) >= 11 is 0. The zero-order chi connectivity index (χ0) is 12.7. The number of rotatable bonds is 7. The van der Waals surface area contributed by atoms with Gasteiger partial charge in [0.25, 0.3) is 0 Å². The van der Waals surface area contributed by atoms with Gasteiger partial charge in [0.15, 0.2) is 0 Å². The molecule has 0 atom stereocenters. The Labute approximate surface area is 103 Å². The number of hydrogen-bond acceptors (Lipinski definition) is 2. The van der Waals surface area contributed by atoms with E-state index in [4.69, 9.17) is 5.11 Å². The molecule has 96 valence electrons. The zero-order valence-corrected chi connectivity index (χ0v) is 10.7. The highest BCUT2D eigenvalue weighted by molar-refractivity contribution is 5.15. The Hall–Kier alpha value is -0.930. The van der Waals surface area contributed by atoms with E-state index in [-0.39, 0.29) is 17.8 Å². The fourth-order valence-electron chi connectivity index (χ4n) is 1.79. The topological polar surface area (TPSA) is 32.3 Å². The van der Waals surface area contributed by atoms with Crippen LogP contribution in [-0.4, -0.2) is 18.3 Å². The van der Waals surface area contributed by atoms with E-state index in [2.05, 4.69) is 19.2 Å². The third-order valence-corrected chi connectivity index (χ3v) is 2.86. The van der Waals surface area contributed by atoms with Crippen molar-refractivity contribution in [2.75, 3.05) is 13.2 Å². The Kier molecular flexibility index (Phi) is 5.59. The van der Waals surface area contributed by atoms with Gasteiger partial charge in [-0.3, -0.25) is 0 Å². The summed E-state index contributed by atoms with van der Waals surface area (Å²) < 4.78 is 12.7. The summed E-state index contributed by atoms with van der Waals surface area (Å²) in [7, 11) is 0. The second-order valence-corrected chi connectivity index (χ2v) is 5.22. The summed E-state index contributed by atoms with van der Waals surface area (Å²) in [5.41, 5.74) is 1.27. The van der Waals surface area contributed by atoms with Crippen molar-refractivity contribution in [2.45, 2.75) is 33.2 Å². The zero-order valence-electron chi connectivity index (χ0n) is 10.7. The van der Waals surface area contributed by atoms with Crippen molar-refractivity contribution >= 4 is 0 Å². The molecule has 0 aliphatic rings. The van der Waals surface area contributed by atoms with Crippen LogP contribution in [-0.2, 0) is 6.54 Å². The summed E-state index contributed by atoms with van der Waals surface area (Å²) in [6, 6.07) is 6.55. The average Bonchev–Trinajstić information content (AvgIpc) is 2.29. The molecule has 0 saturated carbocycles. The van der Waals surface area contributed by atoms with Crippen LogP contribution in [0.25, 0.3) is 0 Å². The average molecular weight is 239 g/mol. The van der Waals surface area contributed by atoms with E-state index < -0.39 is 0 Å². The fourth-order valence-corrected chi connectivity index (χ4v) is 1.79. The molecule has 3 heteroatoms. The van der Waals surface area contributed by atoms with Crippen LogP contribution < -0.4 is 5.32 Å². The van der Waals surface area contributed by atoms with Crippen molar-refractivity contribution in [3.05, 3.63) is 35.6 Å². The van der Waals surface area contributed by atoms with E-state index in [1.54, 1.807) is 12.1 Å². The van der Waals surface area contributed by atoms with Crippen LogP contribution in [0.15, 0.2) is 24.3 Å². The second-order valence-electron chi connectivity index (χ2n) is 5.22. The normalized spacial score (nSPS) is 11.8. The molecule has 0 radical (unpaired) electrons. The maximum atomic E-state index is 12.7. The van der Waals surface area contributed by atoms with Gasteiger partial charge >= 0.3 is 0 Å². The number of nitrogens with one attached hydrogen (secondary N) is 1. The highest BCUT2D eigenvalue weighted by atomic mass is 19.1. The summed E-state index contributed by atoms with van der Waals surface area (Å²) in [4.78, 5) is 0. The largest absolute Gasteiger partial charge is 0.396 e. The van der Waals surface area contributed by atoms with Crippen LogP contribution in [0.2, 0.25) is 0 Å². The summed E-state index contributed by atoms with van der Waals surface area (Å²) in [5, 5.41) is 12.2. The minimum atomic E-state index is -0.197. The lowest BCUT2D eigenvalue weighted by molar-refractivity contribution is 0.236. The van der Waals surface area contributed by atoms with E-state index in [1.165, 1.54) is 12.1 Å². The van der Waals surface area contributed by atoms with Gasteiger partial charge in [-0.2, -0.15) is 0 Å². The molecular formula is C14H22FNO. The predicted molar refractivity (Wildman–Crippen MR) is 68.2 cm³/mol. The lowest BCUT2D eigenvalue weighted by Crippen LogP contribution is -2.29. The van der Waals surface area contributed by atoms with Crippen molar-refractivity contribution in [1.29, 1.82) is 0 Å². The molecule has 0 aliphatic heterocycles. The first-order valence-electron chi connectivity index (χ1n) is 6.09. The molecule has 0 spiro atoms. The first-order valence-corrected chi connectivity index (χ1v) is 6.09. The molecule has 1 rings (SSSR count). The third kappa shape index (κ3) is 5.80. The van der Waals surface area contributed by atoms with Gasteiger partial charge in [0, 0.05) is 19.7 Å². The van der Waals surface area contributed by atoms with Crippen molar-refractivity contribution in [1.82, 2.24) is 5.32 Å². The van der Waals surface area contributed by atoms with Crippen molar-refractivity contribution < 1.29 is 9.50 Å². The number of aliphatic hydroxyl groups is 1. The van der Waals surface area contributed by atoms with Crippen LogP contribution in [0, 0.1) is 11.2 Å². The molecule has 2 nitrogen and oxygen atoms in total. The third-order valence-electron chi connectivity index (χ3n) is 2.86. The van der Waals surface area contributed by atoms with E-state index in [0.29, 0.717) is 0 Å². The Morgan fingerprint density at radius 2 is 1.88 bits per heavy atom. The molecule has 0 fully saturated rings. The van der Waals surface area contributed by atoms with Gasteiger partial charge in [0.05, 0.1) is 0 Å². The van der Waals surface area contributed by atoms with Crippen LogP contribution in [0.3, 0.4) is 0 Å². The second kappa shape index (κ2) is 6.72. The van der Waals surface area contributed by atoms with Gasteiger partial charge in [0.1, 0.15) is 5.82 Å². The Morgan fingerprint density at radius 3 is 2.47 bits per heavy atom. The van der Waals surface area contributed by atoms with Gasteiger partial charge in [-0.1, -0.05) is 26.0 Å². The number of hydrogen-bond donors (Lipinski definition) is 2. The molecular weight excluding hydrogens is 217 g/mol. The molecule has 2 N–H and O–H groups in total. The smallest absolute Gasteiger partial charge is 0.123 e. The van der Waals surface area contributed by atoms with E-state index in [0.717, 1.165) is 31.5 Å². The molecule has 0 amide bonds. The van der Waals surface area contributed by atoms with E-state index in [1.807, 2.05) is 0 Å². The first kappa shape index (κ1) is 14.1. The maximum Gasteiger partial charge on any atom is 0.123 e. The SMILES string of the molecule is CC(C)(CCCO)CNCc1ccc(F)cc1. The predicted octanol–water partition coefficient (Wildman–Crippen LogP) is 2.71.